The van der Waals surface area contributed by atoms with E-state index in [0.717, 1.165) is 69.3 Å². The number of imidazole rings is 1. The molecule has 5 aromatic carbocycles. The maximum absolute atomic E-state index is 6.75. The van der Waals surface area contributed by atoms with Crippen molar-refractivity contribution < 1.29 is 4.74 Å². The van der Waals surface area contributed by atoms with Gasteiger partial charge in [-0.25, -0.2) is 9.97 Å². The molecule has 3 aromatic heterocycles. The van der Waals surface area contributed by atoms with E-state index in [0.29, 0.717) is 0 Å². The normalized spacial score (nSPS) is 13.5. The first-order valence-corrected chi connectivity index (χ1v) is 18.5. The Balaban J connectivity index is 1.10. The van der Waals surface area contributed by atoms with Gasteiger partial charge in [0.1, 0.15) is 23.1 Å². The van der Waals surface area contributed by atoms with Crippen LogP contribution in [0.3, 0.4) is 0 Å². The first-order chi connectivity index (χ1) is 25.7. The molecule has 0 atom stereocenters. The summed E-state index contributed by atoms with van der Waals surface area (Å²) in [6.45, 7) is 8.93. The maximum Gasteiger partial charge on any atom is 0.417 e. The van der Waals surface area contributed by atoms with Gasteiger partial charge in [-0.05, 0) is 103 Å². The zero-order valence-electron chi connectivity index (χ0n) is 30.8. The number of rotatable bonds is 3. The number of aromatic nitrogens is 4. The summed E-state index contributed by atoms with van der Waals surface area (Å²) in [5.41, 5.74) is 13.4. The summed E-state index contributed by atoms with van der Waals surface area (Å²) < 4.78 is 11.5. The third-order valence-corrected chi connectivity index (χ3v) is 11.3. The quantitative estimate of drug-likeness (QED) is 0.173. The van der Waals surface area contributed by atoms with E-state index >= 15 is 0 Å². The van der Waals surface area contributed by atoms with Crippen LogP contribution in [0.15, 0.2) is 128 Å². The molecule has 5 heterocycles. The number of nitrogens with zero attached hydrogens (tertiary/aromatic N) is 5. The van der Waals surface area contributed by atoms with Crippen LogP contribution in [0, 0.1) is 6.92 Å². The standard InChI is InChI=1S/C46H40BN5O/c1-29-11-10-13-31-18-17-30-12-6-7-14-35(30)42-28-49-45-38-26-33(20-22-39(38)50(5)47(44(29)31)52(42)45)53-34-19-21-37-36-15-8-9-16-40(36)51(41(37)27-34)43-25-32(23-24-48-43)46(2,3)4/h6-16,19-28H,17-18H2,1-5H3. The van der Waals surface area contributed by atoms with Crippen LogP contribution in [0.5, 0.6) is 11.5 Å². The van der Waals surface area contributed by atoms with Crippen molar-refractivity contribution in [3.05, 3.63) is 150 Å². The average Bonchev–Trinajstić information content (AvgIpc) is 3.75. The van der Waals surface area contributed by atoms with E-state index in [1.807, 2.05) is 6.20 Å². The molecule has 0 unspecified atom stereocenters. The van der Waals surface area contributed by atoms with Gasteiger partial charge in [-0.3, -0.25) is 4.57 Å². The van der Waals surface area contributed by atoms with Gasteiger partial charge in [-0.2, -0.15) is 0 Å². The van der Waals surface area contributed by atoms with E-state index in [4.69, 9.17) is 14.7 Å². The van der Waals surface area contributed by atoms with E-state index < -0.39 is 0 Å². The van der Waals surface area contributed by atoms with Crippen molar-refractivity contribution in [3.63, 3.8) is 0 Å². The number of ether oxygens (including phenoxy) is 1. The zero-order valence-corrected chi connectivity index (χ0v) is 30.8. The molecule has 0 fully saturated rings. The molecule has 258 valence electrons. The molecular weight excluding hydrogens is 649 g/mol. The topological polar surface area (TPSA) is 48.1 Å². The highest BCUT2D eigenvalue weighted by molar-refractivity contribution is 6.77. The number of hydrogen-bond donors (Lipinski definition) is 0. The van der Waals surface area contributed by atoms with Gasteiger partial charge in [0.05, 0.1) is 22.9 Å². The molecular formula is C46H40BN5O. The van der Waals surface area contributed by atoms with Gasteiger partial charge in [0.2, 0.25) is 0 Å². The number of hydrogen-bond acceptors (Lipinski definition) is 4. The molecule has 0 saturated heterocycles. The highest BCUT2D eigenvalue weighted by Gasteiger charge is 2.40. The lowest BCUT2D eigenvalue weighted by Crippen LogP contribution is -2.56. The molecule has 53 heavy (non-hydrogen) atoms. The van der Waals surface area contributed by atoms with Crippen LogP contribution in [-0.4, -0.2) is 33.0 Å². The molecule has 6 nitrogen and oxygen atoms in total. The average molecular weight is 690 g/mol. The summed E-state index contributed by atoms with van der Waals surface area (Å²) in [5, 5.41) is 2.35. The van der Waals surface area contributed by atoms with Crippen LogP contribution >= 0.6 is 0 Å². The molecule has 2 aliphatic heterocycles. The maximum atomic E-state index is 6.75. The second-order valence-corrected chi connectivity index (χ2v) is 15.6. The minimum absolute atomic E-state index is 0.00251. The number of anilines is 1. The number of pyridine rings is 1. The van der Waals surface area contributed by atoms with Crippen LogP contribution < -0.4 is 15.0 Å². The summed E-state index contributed by atoms with van der Waals surface area (Å²) in [6.07, 6.45) is 5.96. The Morgan fingerprint density at radius 3 is 2.34 bits per heavy atom. The van der Waals surface area contributed by atoms with E-state index in [1.165, 1.54) is 38.7 Å². The van der Waals surface area contributed by atoms with Crippen molar-refractivity contribution in [2.24, 2.45) is 0 Å². The summed E-state index contributed by atoms with van der Waals surface area (Å²) in [7, 11) is 2.21. The Hall–Kier alpha value is -6.08. The van der Waals surface area contributed by atoms with Crippen LogP contribution in [0.4, 0.5) is 5.69 Å². The Bertz CT molecular complexity index is 2750. The number of aryl methyl sites for hydroxylation is 3. The van der Waals surface area contributed by atoms with Gasteiger partial charge in [0.25, 0.3) is 0 Å². The molecule has 0 spiro atoms. The first kappa shape index (κ1) is 31.6. The van der Waals surface area contributed by atoms with E-state index in [2.05, 4.69) is 170 Å². The lowest BCUT2D eigenvalue weighted by atomic mass is 9.60. The predicted molar refractivity (Wildman–Crippen MR) is 218 cm³/mol. The zero-order chi connectivity index (χ0) is 36.0. The molecule has 0 bridgehead atoms. The van der Waals surface area contributed by atoms with Gasteiger partial charge in [-0.15, -0.1) is 0 Å². The van der Waals surface area contributed by atoms with Gasteiger partial charge in [0, 0.05) is 39.8 Å². The van der Waals surface area contributed by atoms with Crippen LogP contribution in [0.1, 0.15) is 43.0 Å². The minimum Gasteiger partial charge on any atom is -0.457 e. The fourth-order valence-corrected chi connectivity index (χ4v) is 8.69. The largest absolute Gasteiger partial charge is 0.457 e. The SMILES string of the molecule is Cc1cccc2c1B1N(C)c3ccc(Oc4ccc5c6ccccc6n(-c6cc(C(C)(C)C)ccn6)c5c4)cc3-c3ncc(n31)-c1ccccc1CC2. The second-order valence-electron chi connectivity index (χ2n) is 15.6. The molecule has 0 aliphatic carbocycles. The molecule has 0 amide bonds. The van der Waals surface area contributed by atoms with Crippen molar-refractivity contribution in [2.45, 2.75) is 46.0 Å². The highest BCUT2D eigenvalue weighted by Crippen LogP contribution is 2.43. The Labute approximate surface area is 310 Å². The van der Waals surface area contributed by atoms with Gasteiger partial charge < -0.3 is 14.0 Å². The Morgan fingerprint density at radius 2 is 1.45 bits per heavy atom. The molecule has 0 saturated carbocycles. The molecule has 0 N–H and O–H groups in total. The van der Waals surface area contributed by atoms with Crippen molar-refractivity contribution in [2.75, 3.05) is 11.9 Å². The van der Waals surface area contributed by atoms with Crippen molar-refractivity contribution in [1.82, 2.24) is 19.0 Å². The molecule has 2 aliphatic rings. The number of benzene rings is 5. The lowest BCUT2D eigenvalue weighted by Gasteiger charge is -2.37. The Kier molecular flexibility index (Phi) is 7.00. The number of para-hydroxylation sites is 1. The Morgan fingerprint density at radius 1 is 0.698 bits per heavy atom. The number of fused-ring (bicyclic) bond motifs is 9. The van der Waals surface area contributed by atoms with E-state index in [-0.39, 0.29) is 12.4 Å². The smallest absolute Gasteiger partial charge is 0.417 e. The first-order valence-electron chi connectivity index (χ1n) is 18.5. The third kappa shape index (κ3) is 4.94. The monoisotopic (exact) mass is 689 g/mol. The fourth-order valence-electron chi connectivity index (χ4n) is 8.69. The summed E-state index contributed by atoms with van der Waals surface area (Å²) >= 11 is 0. The molecule has 7 heteroatoms. The van der Waals surface area contributed by atoms with Gasteiger partial charge in [0.15, 0.2) is 0 Å². The highest BCUT2D eigenvalue weighted by atomic mass is 16.5. The van der Waals surface area contributed by atoms with Crippen LogP contribution in [0.25, 0.3) is 50.3 Å². The van der Waals surface area contributed by atoms with Crippen LogP contribution in [0.2, 0.25) is 0 Å². The van der Waals surface area contributed by atoms with Crippen molar-refractivity contribution in [3.8, 4) is 40.0 Å². The lowest BCUT2D eigenvalue weighted by molar-refractivity contribution is 0.483. The molecule has 8 aromatic rings. The summed E-state index contributed by atoms with van der Waals surface area (Å²) in [6, 6.07) is 41.3. The van der Waals surface area contributed by atoms with Crippen LogP contribution in [-0.2, 0) is 18.3 Å². The van der Waals surface area contributed by atoms with E-state index in [9.17, 15) is 0 Å². The van der Waals surface area contributed by atoms with Gasteiger partial charge in [-0.1, -0.05) is 87.0 Å². The predicted octanol–water partition coefficient (Wildman–Crippen LogP) is 9.90. The minimum atomic E-state index is -0.0288. The molecule has 0 radical (unpaired) electrons. The third-order valence-electron chi connectivity index (χ3n) is 11.3. The van der Waals surface area contributed by atoms with E-state index in [1.54, 1.807) is 0 Å². The summed E-state index contributed by atoms with van der Waals surface area (Å²) in [4.78, 5) is 12.4. The van der Waals surface area contributed by atoms with Crippen molar-refractivity contribution in [1.29, 1.82) is 0 Å². The van der Waals surface area contributed by atoms with Gasteiger partial charge >= 0.3 is 6.98 Å². The summed E-state index contributed by atoms with van der Waals surface area (Å²) in [5.74, 6) is 3.39. The molecule has 10 rings (SSSR count). The fraction of sp³-hybridized carbons (Fsp3) is 0.174. The van der Waals surface area contributed by atoms with Crippen molar-refractivity contribution >= 4 is 39.9 Å². The second kappa shape index (κ2) is 11.7.